The SMILES string of the molecule is Cc1nn(C[C@@H](C)c2nc3c4c(C)c(C)sc4ncn3n2)c(C)c1[N+](=O)[O-]. The van der Waals surface area contributed by atoms with Crippen molar-refractivity contribution >= 4 is 32.9 Å². The molecule has 4 aromatic heterocycles. The molecular weight excluding hydrogens is 366 g/mol. The van der Waals surface area contributed by atoms with Crippen molar-refractivity contribution < 1.29 is 4.92 Å². The van der Waals surface area contributed by atoms with Gasteiger partial charge in [-0.05, 0) is 33.3 Å². The molecule has 10 heteroatoms. The Labute approximate surface area is 158 Å². The quantitative estimate of drug-likeness (QED) is 0.393. The second kappa shape index (κ2) is 6.08. The van der Waals surface area contributed by atoms with Gasteiger partial charge in [-0.2, -0.15) is 5.10 Å². The molecule has 4 heterocycles. The smallest absolute Gasteiger partial charge is 0.262 e. The molecule has 0 saturated carbocycles. The van der Waals surface area contributed by atoms with E-state index in [0.29, 0.717) is 23.8 Å². The van der Waals surface area contributed by atoms with Gasteiger partial charge in [0.15, 0.2) is 11.5 Å². The Balaban J connectivity index is 1.73. The Morgan fingerprint density at radius 3 is 2.67 bits per heavy atom. The number of nitro groups is 1. The number of fused-ring (bicyclic) bond motifs is 3. The first kappa shape index (κ1) is 17.5. The van der Waals surface area contributed by atoms with Gasteiger partial charge in [0.1, 0.15) is 22.5 Å². The van der Waals surface area contributed by atoms with E-state index >= 15 is 0 Å². The van der Waals surface area contributed by atoms with E-state index in [4.69, 9.17) is 4.98 Å². The molecular formula is C17H19N7O2S. The van der Waals surface area contributed by atoms with Crippen LogP contribution >= 0.6 is 11.3 Å². The van der Waals surface area contributed by atoms with Crippen LogP contribution in [0.3, 0.4) is 0 Å². The van der Waals surface area contributed by atoms with E-state index in [-0.39, 0.29) is 16.5 Å². The number of aromatic nitrogens is 6. The number of nitrogens with zero attached hydrogens (tertiary/aromatic N) is 7. The van der Waals surface area contributed by atoms with E-state index in [1.54, 1.807) is 40.7 Å². The van der Waals surface area contributed by atoms with E-state index in [1.807, 2.05) is 6.92 Å². The monoisotopic (exact) mass is 385 g/mol. The molecule has 0 aromatic carbocycles. The number of thiophene rings is 1. The Morgan fingerprint density at radius 2 is 2.00 bits per heavy atom. The third-order valence-corrected chi connectivity index (χ3v) is 6.05. The van der Waals surface area contributed by atoms with Crippen molar-refractivity contribution in [2.75, 3.05) is 0 Å². The van der Waals surface area contributed by atoms with Gasteiger partial charge in [0.2, 0.25) is 0 Å². The van der Waals surface area contributed by atoms with Crippen LogP contribution in [0.25, 0.3) is 15.9 Å². The maximum Gasteiger partial charge on any atom is 0.312 e. The van der Waals surface area contributed by atoms with E-state index in [9.17, 15) is 10.1 Å². The second-order valence-electron chi connectivity index (χ2n) is 6.81. The molecule has 0 aliphatic heterocycles. The van der Waals surface area contributed by atoms with Crippen molar-refractivity contribution in [3.8, 4) is 0 Å². The normalized spacial score (nSPS) is 12.9. The molecule has 4 aromatic rings. The molecule has 0 spiro atoms. The van der Waals surface area contributed by atoms with Crippen LogP contribution in [-0.2, 0) is 6.54 Å². The summed E-state index contributed by atoms with van der Waals surface area (Å²) in [5.74, 6) is 0.611. The molecule has 0 amide bonds. The summed E-state index contributed by atoms with van der Waals surface area (Å²) in [5.41, 5.74) is 3.00. The van der Waals surface area contributed by atoms with Gasteiger partial charge >= 0.3 is 5.69 Å². The number of hydrogen-bond donors (Lipinski definition) is 0. The van der Waals surface area contributed by atoms with Gasteiger partial charge in [-0.25, -0.2) is 14.5 Å². The van der Waals surface area contributed by atoms with Crippen molar-refractivity contribution in [1.82, 2.24) is 29.4 Å². The van der Waals surface area contributed by atoms with Crippen molar-refractivity contribution in [3.63, 3.8) is 0 Å². The number of hydrogen-bond acceptors (Lipinski definition) is 7. The van der Waals surface area contributed by atoms with Crippen LogP contribution in [0.15, 0.2) is 6.33 Å². The van der Waals surface area contributed by atoms with Gasteiger partial charge in [0.25, 0.3) is 0 Å². The third kappa shape index (κ3) is 2.67. The van der Waals surface area contributed by atoms with Crippen LogP contribution < -0.4 is 0 Å². The molecule has 1 atom stereocenters. The predicted octanol–water partition coefficient (Wildman–Crippen LogP) is 3.48. The van der Waals surface area contributed by atoms with Crippen LogP contribution in [0.4, 0.5) is 5.69 Å². The lowest BCUT2D eigenvalue weighted by molar-refractivity contribution is -0.386. The largest absolute Gasteiger partial charge is 0.312 e. The van der Waals surface area contributed by atoms with Gasteiger partial charge in [0, 0.05) is 10.8 Å². The predicted molar refractivity (Wildman–Crippen MR) is 102 cm³/mol. The van der Waals surface area contributed by atoms with Crippen molar-refractivity contribution in [3.05, 3.63) is 44.1 Å². The lowest BCUT2D eigenvalue weighted by Gasteiger charge is -2.08. The molecule has 0 radical (unpaired) electrons. The third-order valence-electron chi connectivity index (χ3n) is 4.94. The van der Waals surface area contributed by atoms with Gasteiger partial charge < -0.3 is 0 Å². The fraction of sp³-hybridized carbons (Fsp3) is 0.412. The highest BCUT2D eigenvalue weighted by Gasteiger charge is 2.24. The summed E-state index contributed by atoms with van der Waals surface area (Å²) in [6, 6.07) is 0. The highest BCUT2D eigenvalue weighted by molar-refractivity contribution is 7.18. The standard InChI is InChI=1S/C17H19N7O2S/c1-8(6-22-11(4)14(24(25)26)10(3)20-22)15-19-16-13-9(2)12(5)27-17(13)18-7-23(16)21-15/h7-8H,6H2,1-5H3/t8-/m1/s1. The summed E-state index contributed by atoms with van der Waals surface area (Å²) in [4.78, 5) is 22.2. The maximum absolute atomic E-state index is 11.2. The maximum atomic E-state index is 11.2. The zero-order valence-corrected chi connectivity index (χ0v) is 16.5. The lowest BCUT2D eigenvalue weighted by Crippen LogP contribution is -2.11. The average molecular weight is 385 g/mol. The van der Waals surface area contributed by atoms with Gasteiger partial charge in [-0.1, -0.05) is 6.92 Å². The molecule has 0 N–H and O–H groups in total. The molecule has 0 aliphatic rings. The molecule has 4 rings (SSSR count). The first-order valence-electron chi connectivity index (χ1n) is 8.57. The lowest BCUT2D eigenvalue weighted by atomic mass is 10.1. The molecule has 0 unspecified atom stereocenters. The van der Waals surface area contributed by atoms with Crippen LogP contribution in [0.2, 0.25) is 0 Å². The molecule has 140 valence electrons. The second-order valence-corrected chi connectivity index (χ2v) is 8.01. The van der Waals surface area contributed by atoms with Crippen molar-refractivity contribution in [1.29, 1.82) is 0 Å². The minimum Gasteiger partial charge on any atom is -0.262 e. The minimum absolute atomic E-state index is 0.0578. The van der Waals surface area contributed by atoms with E-state index in [2.05, 4.69) is 29.0 Å². The zero-order chi connectivity index (χ0) is 19.5. The Hall–Kier alpha value is -2.88. The topological polar surface area (TPSA) is 104 Å². The highest BCUT2D eigenvalue weighted by atomic mass is 32.1. The zero-order valence-electron chi connectivity index (χ0n) is 15.7. The first-order chi connectivity index (χ1) is 12.8. The van der Waals surface area contributed by atoms with Gasteiger partial charge in [0.05, 0.1) is 16.9 Å². The molecule has 0 saturated heterocycles. The first-order valence-corrected chi connectivity index (χ1v) is 9.39. The summed E-state index contributed by atoms with van der Waals surface area (Å²) in [6.45, 7) is 9.98. The summed E-state index contributed by atoms with van der Waals surface area (Å²) >= 11 is 1.65. The molecule has 27 heavy (non-hydrogen) atoms. The molecule has 0 fully saturated rings. The number of aryl methyl sites for hydroxylation is 3. The van der Waals surface area contributed by atoms with Crippen LogP contribution in [0.5, 0.6) is 0 Å². The molecule has 9 nitrogen and oxygen atoms in total. The van der Waals surface area contributed by atoms with Crippen LogP contribution in [0.1, 0.15) is 40.5 Å². The van der Waals surface area contributed by atoms with Crippen molar-refractivity contribution in [2.45, 2.75) is 47.1 Å². The Kier molecular flexibility index (Phi) is 3.95. The molecule has 0 bridgehead atoms. The Morgan fingerprint density at radius 1 is 1.26 bits per heavy atom. The van der Waals surface area contributed by atoms with Gasteiger partial charge in [-0.3, -0.25) is 14.8 Å². The number of rotatable bonds is 4. The Bertz CT molecular complexity index is 1200. The average Bonchev–Trinajstić information content (AvgIpc) is 3.23. The highest BCUT2D eigenvalue weighted by Crippen LogP contribution is 2.31. The minimum atomic E-state index is -0.383. The fourth-order valence-electron chi connectivity index (χ4n) is 3.34. The summed E-state index contributed by atoms with van der Waals surface area (Å²) in [7, 11) is 0. The van der Waals surface area contributed by atoms with Gasteiger partial charge in [-0.15, -0.1) is 16.4 Å². The summed E-state index contributed by atoms with van der Waals surface area (Å²) in [6.07, 6.45) is 1.68. The summed E-state index contributed by atoms with van der Waals surface area (Å²) in [5, 5.41) is 21.1. The molecule has 0 aliphatic carbocycles. The van der Waals surface area contributed by atoms with E-state index in [1.165, 1.54) is 10.4 Å². The van der Waals surface area contributed by atoms with Crippen LogP contribution in [-0.4, -0.2) is 34.3 Å². The summed E-state index contributed by atoms with van der Waals surface area (Å²) < 4.78 is 3.37. The van der Waals surface area contributed by atoms with Crippen molar-refractivity contribution in [2.24, 2.45) is 0 Å². The fourth-order valence-corrected chi connectivity index (χ4v) is 4.33. The van der Waals surface area contributed by atoms with Crippen LogP contribution in [0, 0.1) is 37.8 Å². The van der Waals surface area contributed by atoms with E-state index in [0.717, 1.165) is 15.9 Å². The van der Waals surface area contributed by atoms with E-state index < -0.39 is 0 Å².